The topological polar surface area (TPSA) is 75.6 Å². The number of halogens is 1. The van der Waals surface area contributed by atoms with E-state index < -0.39 is 5.97 Å². The molecule has 1 rings (SSSR count). The van der Waals surface area contributed by atoms with Crippen LogP contribution in [0.4, 0.5) is 0 Å². The number of hydrogen-bond donors (Lipinski definition) is 2. The number of carbonyl (C=O) groups is 2. The van der Waals surface area contributed by atoms with Gasteiger partial charge in [0.05, 0.1) is 6.61 Å². The van der Waals surface area contributed by atoms with Crippen molar-refractivity contribution in [3.8, 4) is 0 Å². The Morgan fingerprint density at radius 2 is 2.18 bits per heavy atom. The van der Waals surface area contributed by atoms with Gasteiger partial charge in [-0.3, -0.25) is 4.79 Å². The van der Waals surface area contributed by atoms with Gasteiger partial charge in [-0.25, -0.2) is 4.79 Å². The van der Waals surface area contributed by atoms with Crippen LogP contribution in [0.25, 0.3) is 0 Å². The van der Waals surface area contributed by atoms with E-state index in [0.717, 1.165) is 0 Å². The number of carboxylic acids is 1. The lowest BCUT2D eigenvalue weighted by Gasteiger charge is -2.05. The molecule has 0 unspecified atom stereocenters. The smallest absolute Gasteiger partial charge is 0.329 e. The van der Waals surface area contributed by atoms with Gasteiger partial charge in [0.1, 0.15) is 6.61 Å². The zero-order valence-electron chi connectivity index (χ0n) is 8.98. The number of ether oxygens (including phenoxy) is 1. The van der Waals surface area contributed by atoms with Gasteiger partial charge in [0.2, 0.25) is 0 Å². The SMILES string of the molecule is O=C(O)COCCNC(=O)c1cccc(Cl)c1. The number of amides is 1. The highest BCUT2D eigenvalue weighted by atomic mass is 35.5. The summed E-state index contributed by atoms with van der Waals surface area (Å²) >= 11 is 5.74. The zero-order chi connectivity index (χ0) is 12.7. The molecule has 0 radical (unpaired) electrons. The van der Waals surface area contributed by atoms with Crippen LogP contribution in [0.5, 0.6) is 0 Å². The van der Waals surface area contributed by atoms with Gasteiger partial charge in [0, 0.05) is 17.1 Å². The average molecular weight is 258 g/mol. The fourth-order valence-corrected chi connectivity index (χ4v) is 1.32. The Bertz CT molecular complexity index is 408. The van der Waals surface area contributed by atoms with E-state index >= 15 is 0 Å². The summed E-state index contributed by atoms with van der Waals surface area (Å²) in [6.45, 7) is 0.0320. The summed E-state index contributed by atoms with van der Waals surface area (Å²) in [4.78, 5) is 21.7. The molecule has 0 aromatic heterocycles. The molecular formula is C11H12ClNO4. The second kappa shape index (κ2) is 6.88. The van der Waals surface area contributed by atoms with Crippen molar-refractivity contribution in [2.75, 3.05) is 19.8 Å². The van der Waals surface area contributed by atoms with Crippen LogP contribution in [0.2, 0.25) is 5.02 Å². The van der Waals surface area contributed by atoms with E-state index in [1.165, 1.54) is 0 Å². The standard InChI is InChI=1S/C11H12ClNO4/c12-9-3-1-2-8(6-9)11(16)13-4-5-17-7-10(14)15/h1-3,6H,4-5,7H2,(H,13,16)(H,14,15). The quantitative estimate of drug-likeness (QED) is 0.750. The van der Waals surface area contributed by atoms with E-state index in [-0.39, 0.29) is 25.7 Å². The van der Waals surface area contributed by atoms with Gasteiger partial charge < -0.3 is 15.2 Å². The van der Waals surface area contributed by atoms with E-state index in [0.29, 0.717) is 10.6 Å². The van der Waals surface area contributed by atoms with Crippen molar-refractivity contribution in [3.63, 3.8) is 0 Å². The summed E-state index contributed by atoms with van der Waals surface area (Å²) in [5.41, 5.74) is 0.454. The minimum atomic E-state index is -1.04. The molecule has 0 spiro atoms. The van der Waals surface area contributed by atoms with E-state index in [4.69, 9.17) is 21.4 Å². The lowest BCUT2D eigenvalue weighted by atomic mass is 10.2. The summed E-state index contributed by atoms with van der Waals surface area (Å²) < 4.78 is 4.76. The van der Waals surface area contributed by atoms with Crippen LogP contribution >= 0.6 is 11.6 Å². The van der Waals surface area contributed by atoms with Crippen LogP contribution in [-0.2, 0) is 9.53 Å². The molecule has 0 fully saturated rings. The molecule has 2 N–H and O–H groups in total. The molecule has 0 heterocycles. The van der Waals surface area contributed by atoms with Crippen LogP contribution < -0.4 is 5.32 Å². The van der Waals surface area contributed by atoms with Gasteiger partial charge in [-0.05, 0) is 18.2 Å². The van der Waals surface area contributed by atoms with Gasteiger partial charge in [-0.15, -0.1) is 0 Å². The number of rotatable bonds is 6. The summed E-state index contributed by atoms with van der Waals surface area (Å²) in [5, 5.41) is 11.4. The van der Waals surface area contributed by atoms with E-state index in [1.54, 1.807) is 24.3 Å². The van der Waals surface area contributed by atoms with Crippen molar-refractivity contribution in [1.82, 2.24) is 5.32 Å². The Morgan fingerprint density at radius 1 is 1.41 bits per heavy atom. The molecular weight excluding hydrogens is 246 g/mol. The summed E-state index contributed by atoms with van der Waals surface area (Å²) in [7, 11) is 0. The first kappa shape index (κ1) is 13.5. The van der Waals surface area contributed by atoms with E-state index in [2.05, 4.69) is 5.32 Å². The first-order chi connectivity index (χ1) is 8.09. The Balaban J connectivity index is 2.28. The number of aliphatic carboxylic acids is 1. The van der Waals surface area contributed by atoms with Crippen molar-refractivity contribution < 1.29 is 19.4 Å². The number of carboxylic acid groups (broad SMARTS) is 1. The van der Waals surface area contributed by atoms with Crippen LogP contribution in [0.15, 0.2) is 24.3 Å². The number of hydrogen-bond acceptors (Lipinski definition) is 3. The maximum atomic E-state index is 11.6. The van der Waals surface area contributed by atoms with Gasteiger partial charge in [-0.2, -0.15) is 0 Å². The van der Waals surface area contributed by atoms with Crippen molar-refractivity contribution in [2.24, 2.45) is 0 Å². The molecule has 0 saturated heterocycles. The van der Waals surface area contributed by atoms with Crippen molar-refractivity contribution in [2.45, 2.75) is 0 Å². The first-order valence-corrected chi connectivity index (χ1v) is 5.30. The molecule has 1 aromatic carbocycles. The number of carbonyl (C=O) groups excluding carboxylic acids is 1. The van der Waals surface area contributed by atoms with Gasteiger partial charge in [-0.1, -0.05) is 17.7 Å². The van der Waals surface area contributed by atoms with E-state index in [9.17, 15) is 9.59 Å². The molecule has 0 bridgehead atoms. The predicted molar refractivity (Wildman–Crippen MR) is 62.2 cm³/mol. The molecule has 6 heteroatoms. The zero-order valence-corrected chi connectivity index (χ0v) is 9.74. The summed E-state index contributed by atoms with van der Waals surface area (Å²) in [5.74, 6) is -1.31. The van der Waals surface area contributed by atoms with Crippen LogP contribution in [-0.4, -0.2) is 36.7 Å². The maximum Gasteiger partial charge on any atom is 0.329 e. The number of nitrogens with one attached hydrogen (secondary N) is 1. The normalized spacial score (nSPS) is 9.94. The fraction of sp³-hybridized carbons (Fsp3) is 0.273. The summed E-state index contributed by atoms with van der Waals surface area (Å²) in [6.07, 6.45) is 0. The molecule has 0 saturated carbocycles. The third-order valence-electron chi connectivity index (χ3n) is 1.84. The Morgan fingerprint density at radius 3 is 2.82 bits per heavy atom. The maximum absolute atomic E-state index is 11.6. The molecule has 1 aromatic rings. The Hall–Kier alpha value is -1.59. The molecule has 1 amide bonds. The Kier molecular flexibility index (Phi) is 5.45. The van der Waals surface area contributed by atoms with Crippen LogP contribution in [0.1, 0.15) is 10.4 Å². The fourth-order valence-electron chi connectivity index (χ4n) is 1.13. The second-order valence-electron chi connectivity index (χ2n) is 3.21. The molecule has 0 aliphatic heterocycles. The Labute approximate surface area is 103 Å². The van der Waals surface area contributed by atoms with Crippen molar-refractivity contribution >= 4 is 23.5 Å². The van der Waals surface area contributed by atoms with Gasteiger partial charge in [0.25, 0.3) is 5.91 Å². The van der Waals surface area contributed by atoms with E-state index in [1.807, 2.05) is 0 Å². The third-order valence-corrected chi connectivity index (χ3v) is 2.08. The minimum Gasteiger partial charge on any atom is -0.480 e. The lowest BCUT2D eigenvalue weighted by molar-refractivity contribution is -0.142. The molecule has 0 aliphatic rings. The van der Waals surface area contributed by atoms with Crippen LogP contribution in [0.3, 0.4) is 0 Å². The highest BCUT2D eigenvalue weighted by molar-refractivity contribution is 6.30. The second-order valence-corrected chi connectivity index (χ2v) is 3.65. The highest BCUT2D eigenvalue weighted by Gasteiger charge is 2.04. The average Bonchev–Trinajstić information content (AvgIpc) is 2.28. The largest absolute Gasteiger partial charge is 0.480 e. The van der Waals surface area contributed by atoms with Gasteiger partial charge in [0.15, 0.2) is 0 Å². The van der Waals surface area contributed by atoms with Crippen molar-refractivity contribution in [1.29, 1.82) is 0 Å². The van der Waals surface area contributed by atoms with Crippen molar-refractivity contribution in [3.05, 3.63) is 34.9 Å². The lowest BCUT2D eigenvalue weighted by Crippen LogP contribution is -2.27. The highest BCUT2D eigenvalue weighted by Crippen LogP contribution is 2.10. The van der Waals surface area contributed by atoms with Crippen LogP contribution in [0, 0.1) is 0 Å². The molecule has 5 nitrogen and oxygen atoms in total. The molecule has 17 heavy (non-hydrogen) atoms. The minimum absolute atomic E-state index is 0.151. The number of benzene rings is 1. The first-order valence-electron chi connectivity index (χ1n) is 4.93. The molecule has 92 valence electrons. The molecule has 0 aliphatic carbocycles. The monoisotopic (exact) mass is 257 g/mol. The third kappa shape index (κ3) is 5.33. The molecule has 0 atom stereocenters. The van der Waals surface area contributed by atoms with Gasteiger partial charge >= 0.3 is 5.97 Å². The summed E-state index contributed by atoms with van der Waals surface area (Å²) in [6, 6.07) is 6.54. The predicted octanol–water partition coefficient (Wildman–Crippen LogP) is 1.17.